The average molecular weight is 156 g/mol. The Kier molecular flexibility index (Phi) is 3.60. The molecule has 1 atom stereocenters. The van der Waals surface area contributed by atoms with Crippen molar-refractivity contribution in [1.29, 1.82) is 0 Å². The fraction of sp³-hybridized carbons (Fsp3) is 0.778. The summed E-state index contributed by atoms with van der Waals surface area (Å²) in [6.07, 6.45) is 5.97. The molecular weight excluding hydrogens is 140 g/mol. The highest BCUT2D eigenvalue weighted by atomic mass is 16.5. The monoisotopic (exact) mass is 156 g/mol. The van der Waals surface area contributed by atoms with Gasteiger partial charge in [-0.25, -0.2) is 0 Å². The molecule has 0 saturated heterocycles. The predicted molar refractivity (Wildman–Crippen MR) is 44.4 cm³/mol. The van der Waals surface area contributed by atoms with Crippen molar-refractivity contribution in [3.8, 4) is 0 Å². The van der Waals surface area contributed by atoms with Gasteiger partial charge in [0.25, 0.3) is 0 Å². The minimum absolute atomic E-state index is 0.174. The molecule has 0 aromatic carbocycles. The number of rotatable bonds is 4. The normalized spacial score (nSPS) is 23.8. The maximum absolute atomic E-state index is 9.15. The quantitative estimate of drug-likeness (QED) is 0.493. The van der Waals surface area contributed by atoms with Gasteiger partial charge < -0.3 is 9.84 Å². The smallest absolute Gasteiger partial charge is 0.0726 e. The Morgan fingerprint density at radius 3 is 3.09 bits per heavy atom. The molecule has 1 aliphatic carbocycles. The Morgan fingerprint density at radius 1 is 1.73 bits per heavy atom. The fourth-order valence-electron chi connectivity index (χ4n) is 1.42. The van der Waals surface area contributed by atoms with Gasteiger partial charge >= 0.3 is 0 Å². The molecule has 1 aliphatic rings. The van der Waals surface area contributed by atoms with Crippen LogP contribution < -0.4 is 0 Å². The first-order valence-corrected chi connectivity index (χ1v) is 4.19. The molecule has 0 aliphatic heterocycles. The Bertz CT molecular complexity index is 140. The van der Waals surface area contributed by atoms with Crippen molar-refractivity contribution in [2.24, 2.45) is 0 Å². The molecule has 2 heteroatoms. The summed E-state index contributed by atoms with van der Waals surface area (Å²) in [5, 5.41) is 9.15. The molecule has 1 N–H and O–H groups in total. The standard InChI is InChI=1S/C9H16O2/c1-11-6-2-3-8-4-5-9(10)7-8/h7,9-10H,2-6H2,1H3. The number of ether oxygens (including phenoxy) is 1. The lowest BCUT2D eigenvalue weighted by atomic mass is 10.1. The van der Waals surface area contributed by atoms with Crippen molar-refractivity contribution in [3.63, 3.8) is 0 Å². The van der Waals surface area contributed by atoms with Gasteiger partial charge in [-0.2, -0.15) is 0 Å². The number of aliphatic hydroxyl groups is 1. The molecule has 0 amide bonds. The minimum Gasteiger partial charge on any atom is -0.389 e. The van der Waals surface area contributed by atoms with Crippen molar-refractivity contribution in [3.05, 3.63) is 11.6 Å². The zero-order chi connectivity index (χ0) is 8.10. The SMILES string of the molecule is COCCCC1=CC(O)CC1. The van der Waals surface area contributed by atoms with E-state index in [2.05, 4.69) is 0 Å². The summed E-state index contributed by atoms with van der Waals surface area (Å²) in [4.78, 5) is 0. The lowest BCUT2D eigenvalue weighted by Gasteiger charge is -1.99. The van der Waals surface area contributed by atoms with Crippen LogP contribution in [0.3, 0.4) is 0 Å². The van der Waals surface area contributed by atoms with Crippen LogP contribution in [0.4, 0.5) is 0 Å². The van der Waals surface area contributed by atoms with Crippen molar-refractivity contribution in [2.75, 3.05) is 13.7 Å². The van der Waals surface area contributed by atoms with E-state index in [0.29, 0.717) is 0 Å². The fourth-order valence-corrected chi connectivity index (χ4v) is 1.42. The Balaban J connectivity index is 2.12. The summed E-state index contributed by atoms with van der Waals surface area (Å²) in [6.45, 7) is 0.827. The lowest BCUT2D eigenvalue weighted by molar-refractivity contribution is 0.195. The molecular formula is C9H16O2. The van der Waals surface area contributed by atoms with E-state index in [9.17, 15) is 0 Å². The van der Waals surface area contributed by atoms with Gasteiger partial charge in [0.15, 0.2) is 0 Å². The van der Waals surface area contributed by atoms with Crippen LogP contribution in [-0.2, 0) is 4.74 Å². The molecule has 1 rings (SSSR count). The first-order valence-electron chi connectivity index (χ1n) is 4.19. The van der Waals surface area contributed by atoms with Crippen LogP contribution in [0.5, 0.6) is 0 Å². The summed E-state index contributed by atoms with van der Waals surface area (Å²) < 4.78 is 4.94. The third-order valence-electron chi connectivity index (χ3n) is 2.04. The molecule has 2 nitrogen and oxygen atoms in total. The highest BCUT2D eigenvalue weighted by molar-refractivity contribution is 5.11. The van der Waals surface area contributed by atoms with Crippen molar-refractivity contribution in [2.45, 2.75) is 31.8 Å². The van der Waals surface area contributed by atoms with Crippen LogP contribution in [-0.4, -0.2) is 24.9 Å². The highest BCUT2D eigenvalue weighted by Crippen LogP contribution is 2.22. The minimum atomic E-state index is -0.174. The van der Waals surface area contributed by atoms with E-state index in [4.69, 9.17) is 9.84 Å². The second kappa shape index (κ2) is 4.52. The van der Waals surface area contributed by atoms with Gasteiger partial charge in [0.05, 0.1) is 6.10 Å². The van der Waals surface area contributed by atoms with Gasteiger partial charge in [-0.1, -0.05) is 11.6 Å². The predicted octanol–water partition coefficient (Wildman–Crippen LogP) is 1.49. The molecule has 0 aromatic rings. The Hall–Kier alpha value is -0.340. The molecule has 0 spiro atoms. The molecule has 1 unspecified atom stereocenters. The van der Waals surface area contributed by atoms with Crippen LogP contribution in [0.2, 0.25) is 0 Å². The molecule has 0 fully saturated rings. The van der Waals surface area contributed by atoms with Gasteiger partial charge in [0.2, 0.25) is 0 Å². The van der Waals surface area contributed by atoms with Crippen molar-refractivity contribution in [1.82, 2.24) is 0 Å². The first-order chi connectivity index (χ1) is 5.33. The third-order valence-corrected chi connectivity index (χ3v) is 2.04. The number of aliphatic hydroxyl groups excluding tert-OH is 1. The van der Waals surface area contributed by atoms with E-state index >= 15 is 0 Å². The van der Waals surface area contributed by atoms with Gasteiger partial charge in [0, 0.05) is 13.7 Å². The van der Waals surface area contributed by atoms with Crippen LogP contribution in [0, 0.1) is 0 Å². The number of hydrogen-bond donors (Lipinski definition) is 1. The van der Waals surface area contributed by atoms with E-state index in [-0.39, 0.29) is 6.10 Å². The number of hydrogen-bond acceptors (Lipinski definition) is 2. The molecule has 0 aromatic heterocycles. The summed E-state index contributed by atoms with van der Waals surface area (Å²) >= 11 is 0. The topological polar surface area (TPSA) is 29.5 Å². The summed E-state index contributed by atoms with van der Waals surface area (Å²) in [5.41, 5.74) is 1.40. The summed E-state index contributed by atoms with van der Waals surface area (Å²) in [6, 6.07) is 0. The molecule has 0 heterocycles. The van der Waals surface area contributed by atoms with E-state index in [1.54, 1.807) is 7.11 Å². The maximum Gasteiger partial charge on any atom is 0.0726 e. The van der Waals surface area contributed by atoms with E-state index in [1.807, 2.05) is 6.08 Å². The Labute approximate surface area is 67.9 Å². The van der Waals surface area contributed by atoms with Crippen molar-refractivity contribution < 1.29 is 9.84 Å². The van der Waals surface area contributed by atoms with Gasteiger partial charge in [-0.15, -0.1) is 0 Å². The zero-order valence-electron chi connectivity index (χ0n) is 7.05. The molecule has 0 saturated carbocycles. The van der Waals surface area contributed by atoms with E-state index < -0.39 is 0 Å². The van der Waals surface area contributed by atoms with Gasteiger partial charge in [0.1, 0.15) is 0 Å². The average Bonchev–Trinajstić information content (AvgIpc) is 2.37. The Morgan fingerprint density at radius 2 is 2.55 bits per heavy atom. The van der Waals surface area contributed by atoms with E-state index in [1.165, 1.54) is 5.57 Å². The lowest BCUT2D eigenvalue weighted by Crippen LogP contribution is -1.93. The molecule has 0 bridgehead atoms. The largest absolute Gasteiger partial charge is 0.389 e. The highest BCUT2D eigenvalue weighted by Gasteiger charge is 2.11. The molecule has 11 heavy (non-hydrogen) atoms. The molecule has 64 valence electrons. The van der Waals surface area contributed by atoms with Crippen molar-refractivity contribution >= 4 is 0 Å². The summed E-state index contributed by atoms with van der Waals surface area (Å²) in [5.74, 6) is 0. The van der Waals surface area contributed by atoms with Crippen LogP contribution in [0.25, 0.3) is 0 Å². The maximum atomic E-state index is 9.15. The molecule has 0 radical (unpaired) electrons. The number of methoxy groups -OCH3 is 1. The first kappa shape index (κ1) is 8.75. The van der Waals surface area contributed by atoms with Crippen LogP contribution in [0.15, 0.2) is 11.6 Å². The van der Waals surface area contributed by atoms with Gasteiger partial charge in [-0.3, -0.25) is 0 Å². The second-order valence-electron chi connectivity index (χ2n) is 3.03. The van der Waals surface area contributed by atoms with Crippen LogP contribution >= 0.6 is 0 Å². The number of allylic oxidation sites excluding steroid dienone is 1. The third kappa shape index (κ3) is 3.04. The van der Waals surface area contributed by atoms with Gasteiger partial charge in [-0.05, 0) is 25.7 Å². The van der Waals surface area contributed by atoms with Crippen LogP contribution in [0.1, 0.15) is 25.7 Å². The zero-order valence-corrected chi connectivity index (χ0v) is 7.05. The second-order valence-corrected chi connectivity index (χ2v) is 3.03. The van der Waals surface area contributed by atoms with E-state index in [0.717, 1.165) is 32.3 Å². The summed E-state index contributed by atoms with van der Waals surface area (Å²) in [7, 11) is 1.72.